The number of imidazole rings is 1. The second-order valence-electron chi connectivity index (χ2n) is 8.35. The van der Waals surface area contributed by atoms with Gasteiger partial charge in [-0.2, -0.15) is 9.65 Å². The lowest BCUT2D eigenvalue weighted by molar-refractivity contribution is 0.581. The summed E-state index contributed by atoms with van der Waals surface area (Å²) >= 11 is 0. The number of nitrogens with zero attached hydrogens (tertiary/aromatic N) is 7. The van der Waals surface area contributed by atoms with E-state index in [0.717, 1.165) is 22.4 Å². The molecule has 5 aromatic rings. The smallest absolute Gasteiger partial charge is 0.238 e. The van der Waals surface area contributed by atoms with Gasteiger partial charge in [-0.15, -0.1) is 0 Å². The molecular formula is C28H22FN7. The molecule has 3 aromatic heterocycles. The molecule has 0 bridgehead atoms. The Balaban J connectivity index is 1.72. The number of fused-ring (bicyclic) bond motifs is 1. The molecular weight excluding hydrogens is 453 g/mol. The number of anilines is 2. The SMILES string of the molecule is Cc1cc(C#N)nc(F)c1N(C)c1cc2c(ncn2C)c(N=C(c2ccccc2)c2ccccc2)n1. The monoisotopic (exact) mass is 475 g/mol. The molecule has 0 N–H and O–H groups in total. The van der Waals surface area contributed by atoms with Crippen LogP contribution >= 0.6 is 0 Å². The number of pyridine rings is 2. The first kappa shape index (κ1) is 22.9. The molecule has 8 heteroatoms. The van der Waals surface area contributed by atoms with Gasteiger partial charge in [-0.05, 0) is 18.6 Å². The van der Waals surface area contributed by atoms with Crippen molar-refractivity contribution in [1.82, 2.24) is 19.5 Å². The van der Waals surface area contributed by atoms with Crippen molar-refractivity contribution in [3.63, 3.8) is 0 Å². The fraction of sp³-hybridized carbons (Fsp3) is 0.107. The topological polar surface area (TPSA) is 83.0 Å². The van der Waals surface area contributed by atoms with Crippen LogP contribution in [0.25, 0.3) is 11.0 Å². The summed E-state index contributed by atoms with van der Waals surface area (Å²) in [6.07, 6.45) is 1.70. The van der Waals surface area contributed by atoms with E-state index in [1.807, 2.05) is 84.4 Å². The lowest BCUT2D eigenvalue weighted by Gasteiger charge is -2.21. The number of halogens is 1. The minimum atomic E-state index is -0.736. The second-order valence-corrected chi connectivity index (χ2v) is 8.35. The normalized spacial score (nSPS) is 10.8. The van der Waals surface area contributed by atoms with E-state index in [9.17, 15) is 4.39 Å². The zero-order valence-corrected chi connectivity index (χ0v) is 20.0. The number of benzene rings is 2. The fourth-order valence-electron chi connectivity index (χ4n) is 4.14. The number of rotatable bonds is 5. The largest absolute Gasteiger partial charge is 0.334 e. The molecule has 0 amide bonds. The van der Waals surface area contributed by atoms with Gasteiger partial charge in [0.25, 0.3) is 0 Å². The third kappa shape index (κ3) is 4.18. The molecule has 0 atom stereocenters. The minimum Gasteiger partial charge on any atom is -0.334 e. The lowest BCUT2D eigenvalue weighted by Crippen LogP contribution is -2.16. The van der Waals surface area contributed by atoms with Gasteiger partial charge in [0.15, 0.2) is 5.82 Å². The zero-order valence-electron chi connectivity index (χ0n) is 20.0. The number of nitriles is 1. The van der Waals surface area contributed by atoms with E-state index in [2.05, 4.69) is 9.97 Å². The second kappa shape index (κ2) is 9.39. The van der Waals surface area contributed by atoms with Gasteiger partial charge in [-0.3, -0.25) is 0 Å². The van der Waals surface area contributed by atoms with Gasteiger partial charge in [0.2, 0.25) is 5.95 Å². The maximum atomic E-state index is 14.9. The quantitative estimate of drug-likeness (QED) is 0.243. The molecule has 0 aliphatic carbocycles. The molecule has 2 aromatic carbocycles. The Morgan fingerprint density at radius 2 is 1.64 bits per heavy atom. The van der Waals surface area contributed by atoms with Gasteiger partial charge in [-0.1, -0.05) is 60.7 Å². The van der Waals surface area contributed by atoms with E-state index in [1.165, 1.54) is 0 Å². The van der Waals surface area contributed by atoms with E-state index >= 15 is 0 Å². The van der Waals surface area contributed by atoms with Crippen LogP contribution in [0.5, 0.6) is 0 Å². The molecule has 176 valence electrons. The van der Waals surface area contributed by atoms with Crippen LogP contribution in [0.3, 0.4) is 0 Å². The Hall–Kier alpha value is -4.90. The summed E-state index contributed by atoms with van der Waals surface area (Å²) < 4.78 is 16.8. The van der Waals surface area contributed by atoms with Gasteiger partial charge in [0.1, 0.15) is 28.8 Å². The van der Waals surface area contributed by atoms with E-state index < -0.39 is 5.95 Å². The molecule has 36 heavy (non-hydrogen) atoms. The van der Waals surface area contributed by atoms with E-state index in [4.69, 9.17) is 15.2 Å². The molecule has 7 nitrogen and oxygen atoms in total. The molecule has 0 unspecified atom stereocenters. The summed E-state index contributed by atoms with van der Waals surface area (Å²) in [5, 5.41) is 9.14. The van der Waals surface area contributed by atoms with Crippen LogP contribution < -0.4 is 4.90 Å². The Morgan fingerprint density at radius 1 is 1.00 bits per heavy atom. The standard InChI is InChI=1S/C28H22FN7/c1-18-14-21(16-30)32-27(29)26(18)36(3)23-15-22-25(31-17-35(22)2)28(33-23)34-24(19-10-6-4-7-11-19)20-12-8-5-9-13-20/h4-15,17H,1-3H3. The first-order chi connectivity index (χ1) is 17.5. The van der Waals surface area contributed by atoms with Crippen molar-refractivity contribution < 1.29 is 4.39 Å². The highest BCUT2D eigenvalue weighted by Crippen LogP contribution is 2.33. The Bertz CT molecular complexity index is 1570. The highest BCUT2D eigenvalue weighted by atomic mass is 19.1. The first-order valence-electron chi connectivity index (χ1n) is 11.3. The maximum absolute atomic E-state index is 14.9. The lowest BCUT2D eigenvalue weighted by atomic mass is 10.0. The Kier molecular flexibility index (Phi) is 5.97. The molecule has 5 rings (SSSR count). The van der Waals surface area contributed by atoms with Crippen molar-refractivity contribution in [2.45, 2.75) is 6.92 Å². The predicted octanol–water partition coefficient (Wildman–Crippen LogP) is 5.62. The zero-order chi connectivity index (χ0) is 25.2. The van der Waals surface area contributed by atoms with E-state index in [-0.39, 0.29) is 11.4 Å². The van der Waals surface area contributed by atoms with Crippen LogP contribution in [0.4, 0.5) is 21.7 Å². The molecule has 0 saturated carbocycles. The summed E-state index contributed by atoms with van der Waals surface area (Å²) in [5.41, 5.74) is 4.89. The van der Waals surface area contributed by atoms with Crippen molar-refractivity contribution in [3.05, 3.63) is 107 Å². The van der Waals surface area contributed by atoms with E-state index in [0.29, 0.717) is 22.7 Å². The van der Waals surface area contributed by atoms with Crippen LogP contribution in [-0.4, -0.2) is 32.3 Å². The molecule has 0 fully saturated rings. The summed E-state index contributed by atoms with van der Waals surface area (Å²) in [6, 6.07) is 25.0. The molecule has 0 spiro atoms. The summed E-state index contributed by atoms with van der Waals surface area (Å²) in [5.74, 6) is 0.149. The van der Waals surface area contributed by atoms with Crippen LogP contribution in [0.2, 0.25) is 0 Å². The van der Waals surface area contributed by atoms with Crippen molar-refractivity contribution in [3.8, 4) is 6.07 Å². The average molecular weight is 476 g/mol. The highest BCUT2D eigenvalue weighted by molar-refractivity contribution is 6.14. The van der Waals surface area contributed by atoms with Gasteiger partial charge >= 0.3 is 0 Å². The number of aryl methyl sites for hydroxylation is 2. The molecule has 0 radical (unpaired) electrons. The first-order valence-corrected chi connectivity index (χ1v) is 11.3. The Morgan fingerprint density at radius 3 is 2.22 bits per heavy atom. The van der Waals surface area contributed by atoms with Gasteiger partial charge in [-0.25, -0.2) is 19.9 Å². The molecule has 0 aliphatic heterocycles. The predicted molar refractivity (Wildman–Crippen MR) is 138 cm³/mol. The van der Waals surface area contributed by atoms with Crippen LogP contribution in [0.15, 0.2) is 84.1 Å². The summed E-state index contributed by atoms with van der Waals surface area (Å²) in [6.45, 7) is 1.74. The van der Waals surface area contributed by atoms with Crippen molar-refractivity contribution in [1.29, 1.82) is 5.26 Å². The van der Waals surface area contributed by atoms with Crippen LogP contribution in [0, 0.1) is 24.2 Å². The highest BCUT2D eigenvalue weighted by Gasteiger charge is 2.20. The van der Waals surface area contributed by atoms with E-state index in [1.54, 1.807) is 31.3 Å². The molecule has 0 saturated heterocycles. The third-order valence-corrected chi connectivity index (χ3v) is 5.93. The summed E-state index contributed by atoms with van der Waals surface area (Å²) in [7, 11) is 3.60. The maximum Gasteiger partial charge on any atom is 0.238 e. The van der Waals surface area contributed by atoms with Gasteiger partial charge in [0.05, 0.1) is 17.6 Å². The Labute approximate surface area is 207 Å². The fourth-order valence-corrected chi connectivity index (χ4v) is 4.14. The number of aliphatic imine (C=N–C) groups is 1. The van der Waals surface area contributed by atoms with Crippen molar-refractivity contribution in [2.24, 2.45) is 12.0 Å². The van der Waals surface area contributed by atoms with Crippen LogP contribution in [0.1, 0.15) is 22.4 Å². The molecule has 3 heterocycles. The number of hydrogen-bond acceptors (Lipinski definition) is 6. The molecule has 0 aliphatic rings. The van der Waals surface area contributed by atoms with Gasteiger partial charge in [0, 0.05) is 31.3 Å². The van der Waals surface area contributed by atoms with Crippen LogP contribution in [-0.2, 0) is 7.05 Å². The van der Waals surface area contributed by atoms with Crippen molar-refractivity contribution >= 4 is 34.1 Å². The van der Waals surface area contributed by atoms with Gasteiger partial charge < -0.3 is 9.47 Å². The average Bonchev–Trinajstić information content (AvgIpc) is 3.28. The number of aromatic nitrogens is 4. The summed E-state index contributed by atoms with van der Waals surface area (Å²) in [4.78, 5) is 19.7. The minimum absolute atomic E-state index is 0.0258. The van der Waals surface area contributed by atoms with Crippen molar-refractivity contribution in [2.75, 3.05) is 11.9 Å². The third-order valence-electron chi connectivity index (χ3n) is 5.93. The number of hydrogen-bond donors (Lipinski definition) is 0.